The third-order valence-electron chi connectivity index (χ3n) is 2.72. The molecule has 0 amide bonds. The van der Waals surface area contributed by atoms with Gasteiger partial charge in [0.15, 0.2) is 0 Å². The molecule has 1 rings (SSSR count). The summed E-state index contributed by atoms with van der Waals surface area (Å²) in [7, 11) is 0. The van der Waals surface area contributed by atoms with E-state index in [-0.39, 0.29) is 5.60 Å². The van der Waals surface area contributed by atoms with Gasteiger partial charge in [0.2, 0.25) is 0 Å². The van der Waals surface area contributed by atoms with Gasteiger partial charge in [-0.1, -0.05) is 49.8 Å². The van der Waals surface area contributed by atoms with E-state index in [9.17, 15) is 0 Å². The van der Waals surface area contributed by atoms with Crippen molar-refractivity contribution in [3.63, 3.8) is 0 Å². The van der Waals surface area contributed by atoms with Crippen LogP contribution in [0, 0.1) is 0 Å². The average Bonchev–Trinajstić information content (AvgIpc) is 2.32. The van der Waals surface area contributed by atoms with Crippen molar-refractivity contribution in [1.82, 2.24) is 0 Å². The molecule has 0 saturated heterocycles. The molecule has 1 aromatic carbocycles. The van der Waals surface area contributed by atoms with E-state index < -0.39 is 0 Å². The first-order chi connectivity index (χ1) is 8.51. The monoisotopic (exact) mass is 246 g/mol. The van der Waals surface area contributed by atoms with E-state index in [0.717, 1.165) is 0 Å². The number of ether oxygens (including phenoxy) is 1. The van der Waals surface area contributed by atoms with Crippen LogP contribution in [0.25, 0.3) is 6.08 Å². The second-order valence-corrected chi connectivity index (χ2v) is 5.67. The fourth-order valence-corrected chi connectivity index (χ4v) is 1.66. The van der Waals surface area contributed by atoms with Crippen LogP contribution in [-0.4, -0.2) is 12.2 Å². The third kappa shape index (κ3) is 6.61. The summed E-state index contributed by atoms with van der Waals surface area (Å²) in [6, 6.07) is 8.80. The highest BCUT2D eigenvalue weighted by molar-refractivity contribution is 5.49. The van der Waals surface area contributed by atoms with E-state index in [1.54, 1.807) is 0 Å². The van der Waals surface area contributed by atoms with Gasteiger partial charge in [-0.15, -0.1) is 0 Å². The summed E-state index contributed by atoms with van der Waals surface area (Å²) in [5.41, 5.74) is 2.61. The van der Waals surface area contributed by atoms with Crippen LogP contribution in [-0.2, 0) is 11.2 Å². The van der Waals surface area contributed by atoms with Crippen LogP contribution in [0.4, 0.5) is 0 Å². The molecule has 0 atom stereocenters. The van der Waals surface area contributed by atoms with Crippen molar-refractivity contribution >= 4 is 6.08 Å². The fourth-order valence-electron chi connectivity index (χ4n) is 1.66. The Morgan fingerprint density at radius 2 is 1.78 bits per heavy atom. The Morgan fingerprint density at radius 1 is 1.11 bits per heavy atom. The van der Waals surface area contributed by atoms with Crippen molar-refractivity contribution in [3.8, 4) is 0 Å². The molecule has 0 aliphatic rings. The van der Waals surface area contributed by atoms with Gasteiger partial charge in [-0.2, -0.15) is 0 Å². The van der Waals surface area contributed by atoms with Gasteiger partial charge in [0.25, 0.3) is 0 Å². The van der Waals surface area contributed by atoms with Gasteiger partial charge < -0.3 is 4.74 Å². The molecule has 1 heteroatoms. The van der Waals surface area contributed by atoms with Crippen molar-refractivity contribution in [1.29, 1.82) is 0 Å². The summed E-state index contributed by atoms with van der Waals surface area (Å²) in [6.45, 7) is 9.11. The molecule has 0 fully saturated rings. The van der Waals surface area contributed by atoms with Gasteiger partial charge in [0, 0.05) is 0 Å². The molecular weight excluding hydrogens is 220 g/mol. The molecule has 0 aliphatic heterocycles. The van der Waals surface area contributed by atoms with Crippen molar-refractivity contribution in [2.24, 2.45) is 0 Å². The molecule has 0 aliphatic carbocycles. The number of hydrogen-bond donors (Lipinski definition) is 0. The van der Waals surface area contributed by atoms with Crippen LogP contribution >= 0.6 is 0 Å². The normalized spacial score (nSPS) is 12.2. The lowest BCUT2D eigenvalue weighted by Crippen LogP contribution is -2.18. The maximum atomic E-state index is 5.64. The second-order valence-electron chi connectivity index (χ2n) is 5.67. The van der Waals surface area contributed by atoms with E-state index >= 15 is 0 Å². The third-order valence-corrected chi connectivity index (χ3v) is 2.72. The van der Waals surface area contributed by atoms with E-state index in [1.807, 2.05) is 0 Å². The topological polar surface area (TPSA) is 9.23 Å². The zero-order valence-electron chi connectivity index (χ0n) is 12.2. The summed E-state index contributed by atoms with van der Waals surface area (Å²) >= 11 is 0. The zero-order valence-corrected chi connectivity index (χ0v) is 12.2. The lowest BCUT2D eigenvalue weighted by atomic mass is 10.1. The Balaban J connectivity index is 2.41. The maximum absolute atomic E-state index is 5.64. The summed E-state index contributed by atoms with van der Waals surface area (Å²) in [5, 5.41) is 0. The minimum Gasteiger partial charge on any atom is -0.372 e. The van der Waals surface area contributed by atoms with Crippen molar-refractivity contribution in [2.75, 3.05) is 6.61 Å². The predicted octanol–water partition coefficient (Wildman–Crippen LogP) is 4.86. The van der Waals surface area contributed by atoms with Gasteiger partial charge in [0.1, 0.15) is 0 Å². The molecule has 18 heavy (non-hydrogen) atoms. The summed E-state index contributed by atoms with van der Waals surface area (Å²) in [5.74, 6) is 0. The summed E-state index contributed by atoms with van der Waals surface area (Å²) in [6.07, 6.45) is 7.91. The largest absolute Gasteiger partial charge is 0.372 e. The van der Waals surface area contributed by atoms with Gasteiger partial charge in [-0.05, 0) is 44.7 Å². The van der Waals surface area contributed by atoms with Crippen LogP contribution in [0.15, 0.2) is 30.3 Å². The lowest BCUT2D eigenvalue weighted by molar-refractivity contribution is 0.0152. The van der Waals surface area contributed by atoms with Crippen LogP contribution < -0.4 is 0 Å². The van der Waals surface area contributed by atoms with E-state index in [0.29, 0.717) is 6.61 Å². The van der Waals surface area contributed by atoms with Crippen LogP contribution in [0.1, 0.15) is 51.7 Å². The van der Waals surface area contributed by atoms with Crippen molar-refractivity contribution in [3.05, 3.63) is 41.5 Å². The molecular formula is C17H26O. The molecule has 0 radical (unpaired) electrons. The Hall–Kier alpha value is -1.08. The van der Waals surface area contributed by atoms with E-state index in [1.165, 1.54) is 30.4 Å². The van der Waals surface area contributed by atoms with Gasteiger partial charge in [0.05, 0.1) is 12.2 Å². The smallest absolute Gasteiger partial charge is 0.0657 e. The molecule has 0 aromatic heterocycles. The number of aryl methyl sites for hydroxylation is 1. The van der Waals surface area contributed by atoms with E-state index in [4.69, 9.17) is 4.74 Å². The first-order valence-electron chi connectivity index (χ1n) is 6.91. The number of rotatable bonds is 6. The summed E-state index contributed by atoms with van der Waals surface area (Å²) < 4.78 is 5.64. The highest BCUT2D eigenvalue weighted by Gasteiger charge is 2.07. The zero-order chi connectivity index (χ0) is 13.4. The SMILES string of the molecule is CCCCc1ccc(C=CCOC(C)(C)C)cc1. The second kappa shape index (κ2) is 7.38. The van der Waals surface area contributed by atoms with Gasteiger partial charge in [-0.3, -0.25) is 0 Å². The van der Waals surface area contributed by atoms with Gasteiger partial charge >= 0.3 is 0 Å². The minimum atomic E-state index is -0.0612. The van der Waals surface area contributed by atoms with Crippen LogP contribution in [0.5, 0.6) is 0 Å². The molecule has 0 spiro atoms. The molecule has 1 aromatic rings. The number of benzene rings is 1. The van der Waals surface area contributed by atoms with Crippen LogP contribution in [0.2, 0.25) is 0 Å². The van der Waals surface area contributed by atoms with Crippen molar-refractivity contribution in [2.45, 2.75) is 52.6 Å². The number of unbranched alkanes of at least 4 members (excludes halogenated alkanes) is 1. The first-order valence-corrected chi connectivity index (χ1v) is 6.91. The van der Waals surface area contributed by atoms with Crippen molar-refractivity contribution < 1.29 is 4.74 Å². The Morgan fingerprint density at radius 3 is 2.33 bits per heavy atom. The molecule has 100 valence electrons. The Labute approximate surface area is 112 Å². The Kier molecular flexibility index (Phi) is 6.14. The molecule has 0 bridgehead atoms. The fraction of sp³-hybridized carbons (Fsp3) is 0.529. The first kappa shape index (κ1) is 15.0. The number of hydrogen-bond acceptors (Lipinski definition) is 1. The average molecular weight is 246 g/mol. The van der Waals surface area contributed by atoms with Crippen LogP contribution in [0.3, 0.4) is 0 Å². The maximum Gasteiger partial charge on any atom is 0.0657 e. The molecule has 0 unspecified atom stereocenters. The molecule has 0 saturated carbocycles. The molecule has 1 nitrogen and oxygen atoms in total. The molecule has 0 heterocycles. The summed E-state index contributed by atoms with van der Waals surface area (Å²) in [4.78, 5) is 0. The van der Waals surface area contributed by atoms with E-state index in [2.05, 4.69) is 64.1 Å². The lowest BCUT2D eigenvalue weighted by Gasteiger charge is -2.17. The minimum absolute atomic E-state index is 0.0612. The quantitative estimate of drug-likeness (QED) is 0.696. The Bertz CT molecular complexity index is 354. The highest BCUT2D eigenvalue weighted by atomic mass is 16.5. The highest BCUT2D eigenvalue weighted by Crippen LogP contribution is 2.10. The van der Waals surface area contributed by atoms with Gasteiger partial charge in [-0.25, -0.2) is 0 Å². The standard InChI is InChI=1S/C17H26O/c1-5-6-8-15-10-12-16(13-11-15)9-7-14-18-17(2,3)4/h7,9-13H,5-6,8,14H2,1-4H3. The predicted molar refractivity (Wildman–Crippen MR) is 79.8 cm³/mol. The molecule has 0 N–H and O–H groups in total.